The highest BCUT2D eigenvalue weighted by atomic mass is 32.2. The minimum absolute atomic E-state index is 0.0288. The van der Waals surface area contributed by atoms with Gasteiger partial charge in [-0.05, 0) is 55.0 Å². The first kappa shape index (κ1) is 20.8. The van der Waals surface area contributed by atoms with Crippen LogP contribution in [0, 0.1) is 18.3 Å². The number of benzene rings is 3. The molecular formula is C23H18N2O4S. The number of rotatable bonds is 6. The van der Waals surface area contributed by atoms with Crippen molar-refractivity contribution in [3.63, 3.8) is 0 Å². The Labute approximate surface area is 175 Å². The Hall–Kier alpha value is -3.89. The summed E-state index contributed by atoms with van der Waals surface area (Å²) in [5.41, 5.74) is 1.94. The zero-order valence-electron chi connectivity index (χ0n) is 16.1. The molecule has 0 aliphatic heterocycles. The molecule has 0 spiro atoms. The van der Waals surface area contributed by atoms with E-state index in [1.807, 2.05) is 25.1 Å². The first-order valence-corrected chi connectivity index (χ1v) is 10.4. The second kappa shape index (κ2) is 9.07. The van der Waals surface area contributed by atoms with Crippen LogP contribution in [0.2, 0.25) is 0 Å². The molecule has 0 radical (unpaired) electrons. The van der Waals surface area contributed by atoms with Crippen LogP contribution in [-0.2, 0) is 14.9 Å². The van der Waals surface area contributed by atoms with E-state index >= 15 is 0 Å². The van der Waals surface area contributed by atoms with E-state index in [1.165, 1.54) is 30.3 Å². The predicted molar refractivity (Wildman–Crippen MR) is 114 cm³/mol. The van der Waals surface area contributed by atoms with Crippen LogP contribution < -0.4 is 9.50 Å². The molecule has 0 saturated heterocycles. The lowest BCUT2D eigenvalue weighted by atomic mass is 10.1. The minimum Gasteiger partial charge on any atom is -0.379 e. The van der Waals surface area contributed by atoms with E-state index < -0.39 is 16.0 Å². The van der Waals surface area contributed by atoms with Crippen molar-refractivity contribution >= 4 is 27.8 Å². The quantitative estimate of drug-likeness (QED) is 0.366. The average molecular weight is 418 g/mol. The fourth-order valence-electron chi connectivity index (χ4n) is 2.57. The summed E-state index contributed by atoms with van der Waals surface area (Å²) in [6, 6.07) is 22.9. The van der Waals surface area contributed by atoms with E-state index in [0.717, 1.165) is 5.56 Å². The molecule has 0 saturated carbocycles. The molecule has 6 nitrogen and oxygen atoms in total. The molecule has 0 atom stereocenters. The Morgan fingerprint density at radius 1 is 1.00 bits per heavy atom. The van der Waals surface area contributed by atoms with Crippen molar-refractivity contribution in [1.82, 2.24) is 0 Å². The fraction of sp³-hybridized carbons (Fsp3) is 0.0435. The van der Waals surface area contributed by atoms with Crippen LogP contribution in [0.25, 0.3) is 6.08 Å². The maximum Gasteiger partial charge on any atom is 0.339 e. The van der Waals surface area contributed by atoms with Gasteiger partial charge in [0, 0.05) is 5.69 Å². The molecule has 30 heavy (non-hydrogen) atoms. The lowest BCUT2D eigenvalue weighted by molar-refractivity contribution is -0.112. The van der Waals surface area contributed by atoms with Crippen LogP contribution in [-0.4, -0.2) is 14.3 Å². The molecule has 3 aromatic rings. The molecule has 0 fully saturated rings. The highest BCUT2D eigenvalue weighted by Crippen LogP contribution is 2.21. The van der Waals surface area contributed by atoms with Gasteiger partial charge < -0.3 is 9.50 Å². The van der Waals surface area contributed by atoms with Gasteiger partial charge >= 0.3 is 10.1 Å². The van der Waals surface area contributed by atoms with Gasteiger partial charge in [-0.25, -0.2) is 0 Å². The topological polar surface area (TPSA) is 96.3 Å². The van der Waals surface area contributed by atoms with E-state index in [-0.39, 0.29) is 16.2 Å². The smallest absolute Gasteiger partial charge is 0.339 e. The molecule has 3 aromatic carbocycles. The summed E-state index contributed by atoms with van der Waals surface area (Å²) in [7, 11) is -3.99. The molecule has 7 heteroatoms. The van der Waals surface area contributed by atoms with E-state index in [1.54, 1.807) is 42.5 Å². The first-order chi connectivity index (χ1) is 14.4. The Morgan fingerprint density at radius 2 is 1.70 bits per heavy atom. The molecular weight excluding hydrogens is 400 g/mol. The Kier molecular flexibility index (Phi) is 6.30. The molecule has 0 aromatic heterocycles. The summed E-state index contributed by atoms with van der Waals surface area (Å²) >= 11 is 0. The molecule has 0 aliphatic carbocycles. The van der Waals surface area contributed by atoms with Crippen molar-refractivity contribution in [1.29, 1.82) is 5.26 Å². The molecule has 1 N–H and O–H groups in total. The summed E-state index contributed by atoms with van der Waals surface area (Å²) in [4.78, 5) is 12.4. The van der Waals surface area contributed by atoms with Gasteiger partial charge in [0.2, 0.25) is 0 Å². The number of nitriles is 1. The van der Waals surface area contributed by atoms with Gasteiger partial charge in [0.25, 0.3) is 5.91 Å². The zero-order chi connectivity index (χ0) is 21.6. The zero-order valence-corrected chi connectivity index (χ0v) is 16.9. The van der Waals surface area contributed by atoms with Gasteiger partial charge in [0.15, 0.2) is 0 Å². The highest BCUT2D eigenvalue weighted by molar-refractivity contribution is 7.87. The summed E-state index contributed by atoms with van der Waals surface area (Å²) in [5, 5.41) is 12.0. The normalized spacial score (nSPS) is 11.4. The van der Waals surface area contributed by atoms with Crippen molar-refractivity contribution in [3.8, 4) is 11.8 Å². The second-order valence-corrected chi connectivity index (χ2v) is 7.96. The number of amides is 1. The Balaban J connectivity index is 1.80. The van der Waals surface area contributed by atoms with Crippen LogP contribution >= 0.6 is 0 Å². The molecule has 0 bridgehead atoms. The van der Waals surface area contributed by atoms with Crippen molar-refractivity contribution < 1.29 is 17.4 Å². The molecule has 3 rings (SSSR count). The second-order valence-electron chi connectivity index (χ2n) is 6.41. The van der Waals surface area contributed by atoms with Crippen LogP contribution in [0.5, 0.6) is 5.75 Å². The predicted octanol–water partition coefficient (Wildman–Crippen LogP) is 4.31. The van der Waals surface area contributed by atoms with Crippen molar-refractivity contribution in [2.24, 2.45) is 0 Å². The van der Waals surface area contributed by atoms with E-state index in [0.29, 0.717) is 11.3 Å². The summed E-state index contributed by atoms with van der Waals surface area (Å²) < 4.78 is 29.9. The maximum atomic E-state index is 12.4. The summed E-state index contributed by atoms with van der Waals surface area (Å²) in [5.74, 6) is -0.492. The van der Waals surface area contributed by atoms with Crippen LogP contribution in [0.1, 0.15) is 11.1 Å². The van der Waals surface area contributed by atoms with Crippen LogP contribution in [0.15, 0.2) is 89.3 Å². The van der Waals surface area contributed by atoms with Gasteiger partial charge in [0.05, 0.1) is 0 Å². The third-order valence-corrected chi connectivity index (χ3v) is 5.34. The fourth-order valence-corrected chi connectivity index (χ4v) is 3.51. The number of anilines is 1. The van der Waals surface area contributed by atoms with Gasteiger partial charge in [-0.1, -0.05) is 48.0 Å². The average Bonchev–Trinajstić information content (AvgIpc) is 2.74. The van der Waals surface area contributed by atoms with E-state index in [2.05, 4.69) is 5.32 Å². The number of carbonyl (C=O) groups is 1. The van der Waals surface area contributed by atoms with E-state index in [9.17, 15) is 18.5 Å². The third kappa shape index (κ3) is 5.34. The van der Waals surface area contributed by atoms with Crippen molar-refractivity contribution in [2.75, 3.05) is 5.32 Å². The van der Waals surface area contributed by atoms with Gasteiger partial charge in [-0.15, -0.1) is 0 Å². The van der Waals surface area contributed by atoms with Crippen LogP contribution in [0.4, 0.5) is 5.69 Å². The largest absolute Gasteiger partial charge is 0.379 e. The third-order valence-electron chi connectivity index (χ3n) is 4.08. The van der Waals surface area contributed by atoms with Crippen molar-refractivity contribution in [3.05, 3.63) is 95.6 Å². The molecule has 0 heterocycles. The lowest BCUT2D eigenvalue weighted by Crippen LogP contribution is -2.13. The molecule has 150 valence electrons. The Morgan fingerprint density at radius 3 is 2.37 bits per heavy atom. The first-order valence-electron chi connectivity index (χ1n) is 8.97. The van der Waals surface area contributed by atoms with E-state index in [4.69, 9.17) is 4.18 Å². The monoisotopic (exact) mass is 418 g/mol. The number of hydrogen-bond acceptors (Lipinski definition) is 5. The number of carbonyl (C=O) groups excluding carboxylic acids is 1. The van der Waals surface area contributed by atoms with Gasteiger partial charge in [-0.3, -0.25) is 4.79 Å². The SMILES string of the molecule is Cc1ccc(NC(=O)/C(C#N)=C/c2cccc(OS(=O)(=O)c3ccccc3)c2)cc1. The minimum atomic E-state index is -3.99. The summed E-state index contributed by atoms with van der Waals surface area (Å²) in [6.07, 6.45) is 1.37. The molecule has 1 amide bonds. The molecule has 0 unspecified atom stereocenters. The number of nitrogens with zero attached hydrogens (tertiary/aromatic N) is 1. The maximum absolute atomic E-state index is 12.4. The number of nitrogens with one attached hydrogen (secondary N) is 1. The van der Waals surface area contributed by atoms with Crippen LogP contribution in [0.3, 0.4) is 0 Å². The lowest BCUT2D eigenvalue weighted by Gasteiger charge is -2.08. The number of aryl methyl sites for hydroxylation is 1. The van der Waals surface area contributed by atoms with Crippen molar-refractivity contribution in [2.45, 2.75) is 11.8 Å². The highest BCUT2D eigenvalue weighted by Gasteiger charge is 2.16. The molecule has 0 aliphatic rings. The Bertz CT molecular complexity index is 1230. The van der Waals surface area contributed by atoms with Gasteiger partial charge in [-0.2, -0.15) is 13.7 Å². The van der Waals surface area contributed by atoms with Gasteiger partial charge in [0.1, 0.15) is 22.3 Å². The summed E-state index contributed by atoms with van der Waals surface area (Å²) in [6.45, 7) is 1.93. The standard InChI is InChI=1S/C23H18N2O4S/c1-17-10-12-20(13-11-17)25-23(26)19(16-24)14-18-6-5-7-21(15-18)29-30(27,28)22-8-3-2-4-9-22/h2-15H,1H3,(H,25,26)/b19-14+. The number of hydrogen-bond donors (Lipinski definition) is 1.